The van der Waals surface area contributed by atoms with Crippen LogP contribution >= 0.6 is 0 Å². The number of ether oxygens (including phenoxy) is 1. The van der Waals surface area contributed by atoms with Crippen molar-refractivity contribution in [3.63, 3.8) is 0 Å². The van der Waals surface area contributed by atoms with Gasteiger partial charge in [-0.1, -0.05) is 12.1 Å². The molecule has 1 aromatic carbocycles. The first-order valence-electron chi connectivity index (χ1n) is 5.46. The third-order valence-electron chi connectivity index (χ3n) is 2.42. The van der Waals surface area contributed by atoms with Gasteiger partial charge in [0.2, 0.25) is 0 Å². The number of alkyl halides is 3. The largest absolute Gasteiger partial charge is 0.487 e. The molecule has 0 atom stereocenters. The summed E-state index contributed by atoms with van der Waals surface area (Å²) >= 11 is 0. The number of hydrogen-bond donors (Lipinski definition) is 1. The lowest BCUT2D eigenvalue weighted by atomic mass is 10.2. The standard InChI is InChI=1S/C13H11F3N2O/c14-13(15,16)11-3-1-2-4-12(11)19-8-10-6-5-9(17)7-18-10/h1-7H,8,17H2. The molecular weight excluding hydrogens is 257 g/mol. The van der Waals surface area contributed by atoms with Crippen LogP contribution in [0.5, 0.6) is 5.75 Å². The van der Waals surface area contributed by atoms with Gasteiger partial charge in [0.25, 0.3) is 0 Å². The Morgan fingerprint density at radius 1 is 1.11 bits per heavy atom. The van der Waals surface area contributed by atoms with E-state index in [0.717, 1.165) is 6.07 Å². The lowest BCUT2D eigenvalue weighted by Gasteiger charge is -2.13. The summed E-state index contributed by atoms with van der Waals surface area (Å²) in [6, 6.07) is 8.27. The van der Waals surface area contributed by atoms with Gasteiger partial charge in [-0.2, -0.15) is 13.2 Å². The zero-order valence-electron chi connectivity index (χ0n) is 9.82. The second-order valence-electron chi connectivity index (χ2n) is 3.87. The molecule has 19 heavy (non-hydrogen) atoms. The summed E-state index contributed by atoms with van der Waals surface area (Å²) in [5.74, 6) is -0.214. The Kier molecular flexibility index (Phi) is 3.59. The summed E-state index contributed by atoms with van der Waals surface area (Å²) in [5.41, 5.74) is 5.65. The van der Waals surface area contributed by atoms with E-state index in [2.05, 4.69) is 4.98 Å². The van der Waals surface area contributed by atoms with Gasteiger partial charge in [-0.05, 0) is 24.3 Å². The number of nitrogen functional groups attached to an aromatic ring is 1. The first kappa shape index (κ1) is 13.2. The Morgan fingerprint density at radius 2 is 1.84 bits per heavy atom. The molecule has 6 heteroatoms. The maximum Gasteiger partial charge on any atom is 0.419 e. The Labute approximate surface area is 107 Å². The molecule has 0 aliphatic heterocycles. The molecule has 2 aromatic rings. The summed E-state index contributed by atoms with van der Waals surface area (Å²) in [5, 5.41) is 0. The van der Waals surface area contributed by atoms with Crippen molar-refractivity contribution in [1.29, 1.82) is 0 Å². The highest BCUT2D eigenvalue weighted by atomic mass is 19.4. The fraction of sp³-hybridized carbons (Fsp3) is 0.154. The molecule has 0 amide bonds. The zero-order chi connectivity index (χ0) is 13.9. The zero-order valence-corrected chi connectivity index (χ0v) is 9.82. The molecule has 100 valence electrons. The minimum absolute atomic E-state index is 0.0482. The van der Waals surface area contributed by atoms with E-state index < -0.39 is 11.7 Å². The van der Waals surface area contributed by atoms with E-state index in [0.29, 0.717) is 11.4 Å². The third-order valence-corrected chi connectivity index (χ3v) is 2.42. The predicted molar refractivity (Wildman–Crippen MR) is 64.4 cm³/mol. The molecule has 1 heterocycles. The van der Waals surface area contributed by atoms with Crippen molar-refractivity contribution in [2.45, 2.75) is 12.8 Å². The highest BCUT2D eigenvalue weighted by molar-refractivity contribution is 5.36. The number of rotatable bonds is 3. The maximum absolute atomic E-state index is 12.7. The normalized spacial score (nSPS) is 11.3. The van der Waals surface area contributed by atoms with Gasteiger partial charge in [-0.3, -0.25) is 4.98 Å². The number of para-hydroxylation sites is 1. The summed E-state index contributed by atoms with van der Waals surface area (Å²) in [6.07, 6.45) is -3.01. The first-order valence-corrected chi connectivity index (χ1v) is 5.46. The third kappa shape index (κ3) is 3.37. The van der Waals surface area contributed by atoms with Gasteiger partial charge in [0.05, 0.1) is 23.1 Å². The monoisotopic (exact) mass is 268 g/mol. The molecule has 0 radical (unpaired) electrons. The molecule has 0 aliphatic carbocycles. The second-order valence-corrected chi connectivity index (χ2v) is 3.87. The fourth-order valence-electron chi connectivity index (χ4n) is 1.50. The smallest absolute Gasteiger partial charge is 0.419 e. The van der Waals surface area contributed by atoms with Gasteiger partial charge in [0, 0.05) is 0 Å². The van der Waals surface area contributed by atoms with Crippen LogP contribution in [0.4, 0.5) is 18.9 Å². The molecular formula is C13H11F3N2O. The van der Waals surface area contributed by atoms with Crippen molar-refractivity contribution in [3.05, 3.63) is 53.9 Å². The molecule has 0 saturated carbocycles. The molecule has 0 unspecified atom stereocenters. The first-order chi connectivity index (χ1) is 8.97. The molecule has 0 bridgehead atoms. The number of anilines is 1. The number of nitrogens with zero attached hydrogens (tertiary/aromatic N) is 1. The van der Waals surface area contributed by atoms with E-state index in [9.17, 15) is 13.2 Å². The SMILES string of the molecule is Nc1ccc(COc2ccccc2C(F)(F)F)nc1. The summed E-state index contributed by atoms with van der Waals surface area (Å²) in [7, 11) is 0. The van der Waals surface area contributed by atoms with E-state index in [-0.39, 0.29) is 12.4 Å². The van der Waals surface area contributed by atoms with Crippen LogP contribution in [0.3, 0.4) is 0 Å². The van der Waals surface area contributed by atoms with Gasteiger partial charge in [-0.15, -0.1) is 0 Å². The quantitative estimate of drug-likeness (QED) is 0.929. The van der Waals surface area contributed by atoms with Crippen LogP contribution in [0.15, 0.2) is 42.6 Å². The van der Waals surface area contributed by atoms with Crippen LogP contribution < -0.4 is 10.5 Å². The van der Waals surface area contributed by atoms with Crippen molar-refractivity contribution in [1.82, 2.24) is 4.98 Å². The van der Waals surface area contributed by atoms with Gasteiger partial charge in [0.1, 0.15) is 12.4 Å². The number of pyridine rings is 1. The van der Waals surface area contributed by atoms with E-state index in [1.54, 1.807) is 12.1 Å². The van der Waals surface area contributed by atoms with Crippen LogP contribution in [0.25, 0.3) is 0 Å². The van der Waals surface area contributed by atoms with Gasteiger partial charge < -0.3 is 10.5 Å². The Bertz CT molecular complexity index is 553. The molecule has 2 rings (SSSR count). The number of nitrogens with two attached hydrogens (primary N) is 1. The topological polar surface area (TPSA) is 48.1 Å². The minimum Gasteiger partial charge on any atom is -0.487 e. The predicted octanol–water partition coefficient (Wildman–Crippen LogP) is 3.26. The Balaban J connectivity index is 2.14. The highest BCUT2D eigenvalue weighted by Gasteiger charge is 2.33. The molecule has 3 nitrogen and oxygen atoms in total. The summed E-state index contributed by atoms with van der Waals surface area (Å²) < 4.78 is 43.3. The molecule has 1 aromatic heterocycles. The Hall–Kier alpha value is -2.24. The van der Waals surface area contributed by atoms with E-state index in [1.165, 1.54) is 24.4 Å². The maximum atomic E-state index is 12.7. The van der Waals surface area contributed by atoms with Crippen molar-refractivity contribution in [2.75, 3.05) is 5.73 Å². The highest BCUT2D eigenvalue weighted by Crippen LogP contribution is 2.36. The molecule has 0 fully saturated rings. The van der Waals surface area contributed by atoms with Gasteiger partial charge in [-0.25, -0.2) is 0 Å². The number of halogens is 3. The van der Waals surface area contributed by atoms with Crippen LogP contribution in [0.1, 0.15) is 11.3 Å². The number of hydrogen-bond acceptors (Lipinski definition) is 3. The lowest BCUT2D eigenvalue weighted by molar-refractivity contribution is -0.139. The van der Waals surface area contributed by atoms with Gasteiger partial charge in [0.15, 0.2) is 0 Å². The molecule has 2 N–H and O–H groups in total. The van der Waals surface area contributed by atoms with Crippen molar-refractivity contribution < 1.29 is 17.9 Å². The van der Waals surface area contributed by atoms with Crippen LogP contribution in [-0.2, 0) is 12.8 Å². The van der Waals surface area contributed by atoms with Crippen LogP contribution in [0, 0.1) is 0 Å². The van der Waals surface area contributed by atoms with E-state index in [4.69, 9.17) is 10.5 Å². The second kappa shape index (κ2) is 5.17. The average Bonchev–Trinajstić information content (AvgIpc) is 2.37. The molecule has 0 aliphatic rings. The van der Waals surface area contributed by atoms with Crippen molar-refractivity contribution >= 4 is 5.69 Å². The van der Waals surface area contributed by atoms with Crippen molar-refractivity contribution in [2.24, 2.45) is 0 Å². The van der Waals surface area contributed by atoms with E-state index >= 15 is 0 Å². The van der Waals surface area contributed by atoms with E-state index in [1.807, 2.05) is 0 Å². The summed E-state index contributed by atoms with van der Waals surface area (Å²) in [4.78, 5) is 3.95. The number of benzene rings is 1. The molecule has 0 spiro atoms. The van der Waals surface area contributed by atoms with Crippen LogP contribution in [0.2, 0.25) is 0 Å². The number of aromatic nitrogens is 1. The van der Waals surface area contributed by atoms with Crippen LogP contribution in [-0.4, -0.2) is 4.98 Å². The fourth-order valence-corrected chi connectivity index (χ4v) is 1.50. The van der Waals surface area contributed by atoms with Crippen molar-refractivity contribution in [3.8, 4) is 5.75 Å². The minimum atomic E-state index is -4.44. The Morgan fingerprint density at radius 3 is 2.47 bits per heavy atom. The molecule has 0 saturated heterocycles. The average molecular weight is 268 g/mol. The summed E-state index contributed by atoms with van der Waals surface area (Å²) in [6.45, 7) is -0.0482. The lowest BCUT2D eigenvalue weighted by Crippen LogP contribution is -2.09. The van der Waals surface area contributed by atoms with Gasteiger partial charge >= 0.3 is 6.18 Å².